The molecule has 0 amide bonds. The van der Waals surface area contributed by atoms with Crippen LogP contribution in [0.4, 0.5) is 0 Å². The molecule has 0 aromatic heterocycles. The van der Waals surface area contributed by atoms with Crippen molar-refractivity contribution in [3.63, 3.8) is 0 Å². The molecule has 0 spiro atoms. The van der Waals surface area contributed by atoms with Crippen molar-refractivity contribution in [1.82, 2.24) is 0 Å². The normalized spacial score (nSPS) is 9.91. The van der Waals surface area contributed by atoms with Crippen LogP contribution in [0.5, 0.6) is 0 Å². The van der Waals surface area contributed by atoms with Crippen LogP contribution in [0.25, 0.3) is 0 Å². The summed E-state index contributed by atoms with van der Waals surface area (Å²) in [7, 11) is 0. The smallest absolute Gasteiger partial charge is 0.0811 e. The van der Waals surface area contributed by atoms with Crippen LogP contribution in [0.15, 0.2) is 5.18 Å². The lowest BCUT2D eigenvalue weighted by Crippen LogP contribution is -1.97. The van der Waals surface area contributed by atoms with E-state index in [1.165, 1.54) is 19.3 Å². The summed E-state index contributed by atoms with van der Waals surface area (Å²) in [5.74, 6) is 0. The van der Waals surface area contributed by atoms with Gasteiger partial charge in [-0.05, 0) is 19.4 Å². The molecular formula is C8H18N2O. The van der Waals surface area contributed by atoms with Crippen LogP contribution in [-0.4, -0.2) is 13.1 Å². The molecule has 3 heteroatoms. The second-order valence-corrected chi connectivity index (χ2v) is 2.76. The number of nitroso groups, excluding NO2 is 1. The first kappa shape index (κ1) is 10.6. The molecule has 0 heterocycles. The van der Waals surface area contributed by atoms with Crippen LogP contribution in [0.3, 0.4) is 0 Å². The van der Waals surface area contributed by atoms with E-state index in [1.54, 1.807) is 0 Å². The monoisotopic (exact) mass is 158 g/mol. The lowest BCUT2D eigenvalue weighted by atomic mass is 10.1. The number of nitrogens with two attached hydrogens (primary N) is 1. The highest BCUT2D eigenvalue weighted by molar-refractivity contribution is 4.47. The van der Waals surface area contributed by atoms with Gasteiger partial charge in [0.25, 0.3) is 0 Å². The SMILES string of the molecule is NCCCCCCCCN=O. The molecule has 11 heavy (non-hydrogen) atoms. The van der Waals surface area contributed by atoms with Crippen LogP contribution in [0.2, 0.25) is 0 Å². The second-order valence-electron chi connectivity index (χ2n) is 2.76. The number of unbranched alkanes of at least 4 members (excludes halogenated alkanes) is 5. The number of hydrogen-bond donors (Lipinski definition) is 1. The van der Waals surface area contributed by atoms with E-state index in [4.69, 9.17) is 5.73 Å². The minimum Gasteiger partial charge on any atom is -0.330 e. The predicted octanol–water partition coefficient (Wildman–Crippen LogP) is 2.05. The maximum atomic E-state index is 9.67. The summed E-state index contributed by atoms with van der Waals surface area (Å²) in [4.78, 5) is 9.67. The number of rotatable bonds is 8. The summed E-state index contributed by atoms with van der Waals surface area (Å²) in [6.45, 7) is 1.28. The summed E-state index contributed by atoms with van der Waals surface area (Å²) >= 11 is 0. The van der Waals surface area contributed by atoms with Crippen molar-refractivity contribution in [1.29, 1.82) is 0 Å². The van der Waals surface area contributed by atoms with E-state index in [0.29, 0.717) is 6.54 Å². The lowest BCUT2D eigenvalue weighted by molar-refractivity contribution is 0.601. The van der Waals surface area contributed by atoms with Crippen LogP contribution in [0, 0.1) is 4.91 Å². The van der Waals surface area contributed by atoms with Crippen molar-refractivity contribution in [2.24, 2.45) is 10.9 Å². The molecule has 0 saturated heterocycles. The highest BCUT2D eigenvalue weighted by Crippen LogP contribution is 2.04. The summed E-state index contributed by atoms with van der Waals surface area (Å²) in [5, 5.41) is 2.80. The Kier molecular flexibility index (Phi) is 9.18. The Morgan fingerprint density at radius 1 is 0.909 bits per heavy atom. The molecule has 0 radical (unpaired) electrons. The van der Waals surface area contributed by atoms with E-state index >= 15 is 0 Å². The summed E-state index contributed by atoms with van der Waals surface area (Å²) < 4.78 is 0. The van der Waals surface area contributed by atoms with Gasteiger partial charge in [-0.3, -0.25) is 0 Å². The Balaban J connectivity index is 2.74. The van der Waals surface area contributed by atoms with Gasteiger partial charge in [0.2, 0.25) is 0 Å². The van der Waals surface area contributed by atoms with E-state index < -0.39 is 0 Å². The van der Waals surface area contributed by atoms with Crippen molar-refractivity contribution in [2.75, 3.05) is 13.1 Å². The summed E-state index contributed by atoms with van der Waals surface area (Å²) in [5.41, 5.74) is 5.33. The first-order valence-corrected chi connectivity index (χ1v) is 4.41. The van der Waals surface area contributed by atoms with E-state index in [2.05, 4.69) is 5.18 Å². The Bertz CT molecular complexity index is 86.2. The topological polar surface area (TPSA) is 55.4 Å². The van der Waals surface area contributed by atoms with Gasteiger partial charge in [0.1, 0.15) is 0 Å². The van der Waals surface area contributed by atoms with Crippen LogP contribution >= 0.6 is 0 Å². The van der Waals surface area contributed by atoms with Crippen LogP contribution < -0.4 is 5.73 Å². The molecule has 0 aliphatic rings. The molecule has 2 N–H and O–H groups in total. The zero-order valence-corrected chi connectivity index (χ0v) is 7.09. The Hall–Kier alpha value is -0.440. The minimum atomic E-state index is 0.483. The molecule has 0 aromatic rings. The quantitative estimate of drug-likeness (QED) is 0.434. The van der Waals surface area contributed by atoms with Gasteiger partial charge in [-0.1, -0.05) is 30.9 Å². The number of hydrogen-bond acceptors (Lipinski definition) is 3. The van der Waals surface area contributed by atoms with Gasteiger partial charge in [-0.25, -0.2) is 0 Å². The first-order valence-electron chi connectivity index (χ1n) is 4.41. The molecule has 0 atom stereocenters. The van der Waals surface area contributed by atoms with E-state index in [0.717, 1.165) is 25.8 Å². The minimum absolute atomic E-state index is 0.483. The highest BCUT2D eigenvalue weighted by atomic mass is 16.3. The van der Waals surface area contributed by atoms with Gasteiger partial charge in [-0.2, -0.15) is 4.91 Å². The fourth-order valence-electron chi connectivity index (χ4n) is 1.03. The molecule has 0 bridgehead atoms. The van der Waals surface area contributed by atoms with Gasteiger partial charge in [0.05, 0.1) is 6.54 Å². The average Bonchev–Trinajstić information content (AvgIpc) is 2.03. The Morgan fingerprint density at radius 3 is 2.00 bits per heavy atom. The molecule has 0 aliphatic heterocycles. The summed E-state index contributed by atoms with van der Waals surface area (Å²) in [6, 6.07) is 0. The maximum absolute atomic E-state index is 9.67. The van der Waals surface area contributed by atoms with Crippen molar-refractivity contribution in [3.8, 4) is 0 Å². The Morgan fingerprint density at radius 2 is 1.45 bits per heavy atom. The van der Waals surface area contributed by atoms with Crippen LogP contribution in [0.1, 0.15) is 38.5 Å². The molecule has 0 saturated carbocycles. The maximum Gasteiger partial charge on any atom is 0.0811 e. The zero-order chi connectivity index (χ0) is 8.36. The van der Waals surface area contributed by atoms with Gasteiger partial charge in [-0.15, -0.1) is 0 Å². The fraction of sp³-hybridized carbons (Fsp3) is 1.00. The number of nitrogens with zero attached hydrogens (tertiary/aromatic N) is 1. The predicted molar refractivity (Wildman–Crippen MR) is 47.4 cm³/mol. The zero-order valence-electron chi connectivity index (χ0n) is 7.09. The van der Waals surface area contributed by atoms with E-state index in [1.807, 2.05) is 0 Å². The third-order valence-corrected chi connectivity index (χ3v) is 1.70. The average molecular weight is 158 g/mol. The second kappa shape index (κ2) is 9.56. The highest BCUT2D eigenvalue weighted by Gasteiger charge is 1.89. The molecular weight excluding hydrogens is 140 g/mol. The molecule has 0 rings (SSSR count). The van der Waals surface area contributed by atoms with Gasteiger partial charge in [0.15, 0.2) is 0 Å². The van der Waals surface area contributed by atoms with Gasteiger partial charge < -0.3 is 5.73 Å². The van der Waals surface area contributed by atoms with Crippen LogP contribution in [-0.2, 0) is 0 Å². The first-order chi connectivity index (χ1) is 5.41. The Labute approximate surface area is 68.3 Å². The van der Waals surface area contributed by atoms with Crippen molar-refractivity contribution in [2.45, 2.75) is 38.5 Å². The van der Waals surface area contributed by atoms with Crippen molar-refractivity contribution < 1.29 is 0 Å². The molecule has 0 aliphatic carbocycles. The third kappa shape index (κ3) is 9.56. The third-order valence-electron chi connectivity index (χ3n) is 1.70. The molecule has 0 unspecified atom stereocenters. The molecule has 0 fully saturated rings. The van der Waals surface area contributed by atoms with Crippen molar-refractivity contribution in [3.05, 3.63) is 4.91 Å². The fourth-order valence-corrected chi connectivity index (χ4v) is 1.03. The summed E-state index contributed by atoms with van der Waals surface area (Å²) in [6.07, 6.45) is 6.91. The molecule has 0 aromatic carbocycles. The van der Waals surface area contributed by atoms with E-state index in [9.17, 15) is 4.91 Å². The van der Waals surface area contributed by atoms with Crippen molar-refractivity contribution >= 4 is 0 Å². The molecule has 3 nitrogen and oxygen atoms in total. The largest absolute Gasteiger partial charge is 0.330 e. The molecule has 66 valence electrons. The lowest BCUT2D eigenvalue weighted by Gasteiger charge is -1.97. The van der Waals surface area contributed by atoms with Gasteiger partial charge in [0, 0.05) is 0 Å². The van der Waals surface area contributed by atoms with E-state index in [-0.39, 0.29) is 0 Å². The standard InChI is InChI=1S/C8H18N2O/c9-7-5-3-1-2-4-6-8-10-11/h1-9H2. The van der Waals surface area contributed by atoms with Gasteiger partial charge >= 0.3 is 0 Å².